The smallest absolute Gasteiger partial charge is 0.224 e. The highest BCUT2D eigenvalue weighted by atomic mass is 32.1. The molecule has 0 aliphatic carbocycles. The molecule has 2 aromatic heterocycles. The Morgan fingerprint density at radius 1 is 1.42 bits per heavy atom. The SMILES string of the molecule is Cc1ccc(CN(C)C(=O)CC2COCCN2Cc2ccoc2)s1. The van der Waals surface area contributed by atoms with Crippen molar-refractivity contribution >= 4 is 17.2 Å². The third kappa shape index (κ3) is 4.47. The summed E-state index contributed by atoms with van der Waals surface area (Å²) in [5.41, 5.74) is 1.14. The van der Waals surface area contributed by atoms with Gasteiger partial charge in [-0.15, -0.1) is 11.3 Å². The molecule has 1 saturated heterocycles. The number of aryl methyl sites for hydroxylation is 1. The Hall–Kier alpha value is -1.63. The topological polar surface area (TPSA) is 45.9 Å². The van der Waals surface area contributed by atoms with Crippen LogP contribution >= 0.6 is 11.3 Å². The van der Waals surface area contributed by atoms with Crippen molar-refractivity contribution in [3.05, 3.63) is 46.0 Å². The lowest BCUT2D eigenvalue weighted by atomic mass is 10.1. The van der Waals surface area contributed by atoms with Crippen LogP contribution in [0.1, 0.15) is 21.7 Å². The van der Waals surface area contributed by atoms with E-state index in [0.717, 1.165) is 18.7 Å². The van der Waals surface area contributed by atoms with E-state index < -0.39 is 0 Å². The highest BCUT2D eigenvalue weighted by molar-refractivity contribution is 7.11. The zero-order chi connectivity index (χ0) is 16.9. The largest absolute Gasteiger partial charge is 0.472 e. The van der Waals surface area contributed by atoms with Gasteiger partial charge in [-0.25, -0.2) is 0 Å². The van der Waals surface area contributed by atoms with E-state index in [-0.39, 0.29) is 11.9 Å². The lowest BCUT2D eigenvalue weighted by Gasteiger charge is -2.35. The number of hydrogen-bond donors (Lipinski definition) is 0. The van der Waals surface area contributed by atoms with Crippen molar-refractivity contribution in [1.29, 1.82) is 0 Å². The quantitative estimate of drug-likeness (QED) is 0.805. The number of furan rings is 1. The molecule has 130 valence electrons. The van der Waals surface area contributed by atoms with Gasteiger partial charge >= 0.3 is 0 Å². The standard InChI is InChI=1S/C18H24N2O3S/c1-14-3-4-17(24-14)11-19(2)18(21)9-16-13-23-8-6-20(16)10-15-5-7-22-12-15/h3-5,7,12,16H,6,8-11,13H2,1-2H3. The molecule has 1 atom stereocenters. The lowest BCUT2D eigenvalue weighted by Crippen LogP contribution is -2.47. The summed E-state index contributed by atoms with van der Waals surface area (Å²) in [6.45, 7) is 5.72. The number of amides is 1. The van der Waals surface area contributed by atoms with Crippen molar-refractivity contribution in [2.45, 2.75) is 32.5 Å². The highest BCUT2D eigenvalue weighted by Crippen LogP contribution is 2.19. The first-order chi connectivity index (χ1) is 11.6. The lowest BCUT2D eigenvalue weighted by molar-refractivity contribution is -0.133. The molecular weight excluding hydrogens is 324 g/mol. The Morgan fingerprint density at radius 2 is 2.29 bits per heavy atom. The highest BCUT2D eigenvalue weighted by Gasteiger charge is 2.27. The minimum atomic E-state index is 0.119. The molecule has 0 radical (unpaired) electrons. The average molecular weight is 348 g/mol. The minimum absolute atomic E-state index is 0.119. The van der Waals surface area contributed by atoms with Crippen molar-refractivity contribution in [2.24, 2.45) is 0 Å². The number of rotatable bonds is 6. The number of morpholine rings is 1. The van der Waals surface area contributed by atoms with Crippen molar-refractivity contribution in [3.63, 3.8) is 0 Å². The molecule has 1 unspecified atom stereocenters. The summed E-state index contributed by atoms with van der Waals surface area (Å²) in [5, 5.41) is 0. The molecule has 1 fully saturated rings. The molecule has 3 rings (SSSR count). The van der Waals surface area contributed by atoms with Gasteiger partial charge in [0.25, 0.3) is 0 Å². The summed E-state index contributed by atoms with van der Waals surface area (Å²) >= 11 is 1.74. The maximum absolute atomic E-state index is 12.6. The van der Waals surface area contributed by atoms with Crippen LogP contribution in [0.25, 0.3) is 0 Å². The van der Waals surface area contributed by atoms with E-state index in [9.17, 15) is 4.79 Å². The van der Waals surface area contributed by atoms with E-state index >= 15 is 0 Å². The number of nitrogens with zero attached hydrogens (tertiary/aromatic N) is 2. The van der Waals surface area contributed by atoms with Crippen molar-refractivity contribution in [2.75, 3.05) is 26.8 Å². The number of ether oxygens (including phenoxy) is 1. The number of carbonyl (C=O) groups excluding carboxylic acids is 1. The summed E-state index contributed by atoms with van der Waals surface area (Å²) in [5.74, 6) is 0.161. The van der Waals surface area contributed by atoms with E-state index in [0.29, 0.717) is 26.2 Å². The molecule has 2 aromatic rings. The van der Waals surface area contributed by atoms with Gasteiger partial charge in [0, 0.05) is 47.9 Å². The van der Waals surface area contributed by atoms with E-state index in [1.807, 2.05) is 18.0 Å². The molecule has 0 spiro atoms. The van der Waals surface area contributed by atoms with Crippen LogP contribution < -0.4 is 0 Å². The van der Waals surface area contributed by atoms with Crippen LogP contribution in [0, 0.1) is 6.92 Å². The third-order valence-corrected chi connectivity index (χ3v) is 5.33. The van der Waals surface area contributed by atoms with Crippen LogP contribution in [0.5, 0.6) is 0 Å². The summed E-state index contributed by atoms with van der Waals surface area (Å²) in [6, 6.07) is 6.28. The molecule has 0 aromatic carbocycles. The van der Waals surface area contributed by atoms with Crippen LogP contribution in [-0.2, 0) is 22.6 Å². The second-order valence-corrected chi connectivity index (χ2v) is 7.67. The molecule has 6 heteroatoms. The molecular formula is C18H24N2O3S. The normalized spacial score (nSPS) is 18.7. The predicted octanol–water partition coefficient (Wildman–Crippen LogP) is 2.90. The van der Waals surface area contributed by atoms with Crippen molar-refractivity contribution in [3.8, 4) is 0 Å². The van der Waals surface area contributed by atoms with Crippen molar-refractivity contribution in [1.82, 2.24) is 9.80 Å². The first-order valence-electron chi connectivity index (χ1n) is 8.24. The van der Waals surface area contributed by atoms with Gasteiger partial charge in [-0.3, -0.25) is 9.69 Å². The Bertz CT molecular complexity index is 653. The maximum Gasteiger partial charge on any atom is 0.224 e. The van der Waals surface area contributed by atoms with E-state index in [1.165, 1.54) is 9.75 Å². The van der Waals surface area contributed by atoms with E-state index in [2.05, 4.69) is 24.0 Å². The maximum atomic E-state index is 12.6. The second-order valence-electron chi connectivity index (χ2n) is 6.30. The molecule has 1 amide bonds. The summed E-state index contributed by atoms with van der Waals surface area (Å²) in [4.78, 5) is 19.2. The molecule has 3 heterocycles. The van der Waals surface area contributed by atoms with Crippen LogP contribution in [-0.4, -0.2) is 48.6 Å². The monoisotopic (exact) mass is 348 g/mol. The van der Waals surface area contributed by atoms with E-state index in [1.54, 1.807) is 23.9 Å². The second kappa shape index (κ2) is 7.96. The van der Waals surface area contributed by atoms with Crippen LogP contribution in [0.2, 0.25) is 0 Å². The Kier molecular flexibility index (Phi) is 5.71. The first kappa shape index (κ1) is 17.2. The zero-order valence-corrected chi connectivity index (χ0v) is 15.1. The third-order valence-electron chi connectivity index (χ3n) is 4.34. The van der Waals surface area contributed by atoms with Gasteiger partial charge in [-0.1, -0.05) is 0 Å². The van der Waals surface area contributed by atoms with Crippen LogP contribution in [0.4, 0.5) is 0 Å². The van der Waals surface area contributed by atoms with Gasteiger partial charge in [0.15, 0.2) is 0 Å². The van der Waals surface area contributed by atoms with Gasteiger partial charge < -0.3 is 14.1 Å². The van der Waals surface area contributed by atoms with Gasteiger partial charge in [-0.05, 0) is 25.1 Å². The van der Waals surface area contributed by atoms with Gasteiger partial charge in [0.1, 0.15) is 0 Å². The zero-order valence-electron chi connectivity index (χ0n) is 14.2. The number of carbonyl (C=O) groups is 1. The average Bonchev–Trinajstić information content (AvgIpc) is 3.21. The molecule has 5 nitrogen and oxygen atoms in total. The fourth-order valence-electron chi connectivity index (χ4n) is 2.95. The summed E-state index contributed by atoms with van der Waals surface area (Å²) in [6.07, 6.45) is 3.94. The predicted molar refractivity (Wildman–Crippen MR) is 93.9 cm³/mol. The van der Waals surface area contributed by atoms with Gasteiger partial charge in [0.05, 0.1) is 32.3 Å². The van der Waals surface area contributed by atoms with Gasteiger partial charge in [-0.2, -0.15) is 0 Å². The number of thiophene rings is 1. The molecule has 0 bridgehead atoms. The van der Waals surface area contributed by atoms with Crippen LogP contribution in [0.15, 0.2) is 35.1 Å². The summed E-state index contributed by atoms with van der Waals surface area (Å²) in [7, 11) is 1.88. The molecule has 0 N–H and O–H groups in total. The van der Waals surface area contributed by atoms with Crippen LogP contribution in [0.3, 0.4) is 0 Å². The molecule has 0 saturated carbocycles. The van der Waals surface area contributed by atoms with E-state index in [4.69, 9.17) is 9.15 Å². The Balaban J connectivity index is 1.56. The number of hydrogen-bond acceptors (Lipinski definition) is 5. The van der Waals surface area contributed by atoms with Crippen molar-refractivity contribution < 1.29 is 13.9 Å². The fraction of sp³-hybridized carbons (Fsp3) is 0.500. The molecule has 1 aliphatic rings. The Labute approximate surface area is 146 Å². The fourth-order valence-corrected chi connectivity index (χ4v) is 3.90. The molecule has 1 aliphatic heterocycles. The molecule has 24 heavy (non-hydrogen) atoms. The minimum Gasteiger partial charge on any atom is -0.472 e. The first-order valence-corrected chi connectivity index (χ1v) is 9.05. The Morgan fingerprint density at radius 3 is 3.00 bits per heavy atom. The van der Waals surface area contributed by atoms with Gasteiger partial charge in [0.2, 0.25) is 5.91 Å². The summed E-state index contributed by atoms with van der Waals surface area (Å²) < 4.78 is 10.7.